The van der Waals surface area contributed by atoms with Crippen LogP contribution in [0.15, 0.2) is 30.3 Å². The van der Waals surface area contributed by atoms with Gasteiger partial charge in [0, 0.05) is 26.0 Å². The van der Waals surface area contributed by atoms with E-state index in [-0.39, 0.29) is 24.2 Å². The molecule has 25 heavy (non-hydrogen) atoms. The van der Waals surface area contributed by atoms with Gasteiger partial charge in [0.1, 0.15) is 9.84 Å². The molecule has 7 heteroatoms. The van der Waals surface area contributed by atoms with Gasteiger partial charge in [-0.25, -0.2) is 8.42 Å². The summed E-state index contributed by atoms with van der Waals surface area (Å²) in [6, 6.07) is 9.52. The van der Waals surface area contributed by atoms with E-state index >= 15 is 0 Å². The summed E-state index contributed by atoms with van der Waals surface area (Å²) in [7, 11) is -3.10. The van der Waals surface area contributed by atoms with Gasteiger partial charge >= 0.3 is 0 Å². The van der Waals surface area contributed by atoms with Crippen LogP contribution in [0.3, 0.4) is 0 Å². The number of nitrogens with zero attached hydrogens (tertiary/aromatic N) is 1. The molecule has 1 amide bonds. The molecule has 0 aromatic heterocycles. The second kappa shape index (κ2) is 9.31. The molecule has 6 nitrogen and oxygen atoms in total. The molecule has 0 bridgehead atoms. The second-order valence-electron chi connectivity index (χ2n) is 6.68. The van der Waals surface area contributed by atoms with Crippen LogP contribution in [-0.4, -0.2) is 63.1 Å². The third kappa shape index (κ3) is 7.13. The second-order valence-corrected chi connectivity index (χ2v) is 8.94. The fourth-order valence-electron chi connectivity index (χ4n) is 2.93. The van der Waals surface area contributed by atoms with Crippen LogP contribution in [0.1, 0.15) is 24.8 Å². The van der Waals surface area contributed by atoms with Crippen molar-refractivity contribution in [2.24, 2.45) is 5.73 Å². The number of hydrogen-bond acceptors (Lipinski definition) is 5. The van der Waals surface area contributed by atoms with Crippen LogP contribution in [0, 0.1) is 0 Å². The van der Waals surface area contributed by atoms with Gasteiger partial charge in [-0.1, -0.05) is 30.3 Å². The minimum atomic E-state index is -3.10. The predicted octanol–water partition coefficient (Wildman–Crippen LogP) is 0.999. The van der Waals surface area contributed by atoms with E-state index in [2.05, 4.69) is 12.1 Å². The Labute approximate surface area is 150 Å². The van der Waals surface area contributed by atoms with E-state index in [4.69, 9.17) is 10.5 Å². The molecule has 1 aliphatic rings. The summed E-state index contributed by atoms with van der Waals surface area (Å²) in [5.74, 6) is -0.244. The molecule has 0 saturated carbocycles. The Bertz CT molecular complexity index is 648. The molecular weight excluding hydrogens is 340 g/mol. The van der Waals surface area contributed by atoms with Crippen molar-refractivity contribution in [1.82, 2.24) is 4.90 Å². The fraction of sp³-hybridized carbons (Fsp3) is 0.611. The molecule has 0 radical (unpaired) electrons. The topological polar surface area (TPSA) is 89.7 Å². The molecule has 1 fully saturated rings. The maximum atomic E-state index is 12.3. The molecule has 2 unspecified atom stereocenters. The van der Waals surface area contributed by atoms with E-state index in [9.17, 15) is 13.2 Å². The van der Waals surface area contributed by atoms with E-state index in [0.717, 1.165) is 25.5 Å². The smallest absolute Gasteiger partial charge is 0.239 e. The van der Waals surface area contributed by atoms with Crippen LogP contribution in [-0.2, 0) is 25.8 Å². The Balaban J connectivity index is 1.65. The molecule has 0 aliphatic carbocycles. The van der Waals surface area contributed by atoms with Crippen LogP contribution in [0.5, 0.6) is 0 Å². The lowest BCUT2D eigenvalue weighted by atomic mass is 10.1. The lowest BCUT2D eigenvalue weighted by molar-refractivity contribution is -0.132. The SMILES string of the molecule is CS(=O)(=O)CCC(N)C(=O)N1CCC(OCCCc2ccccc2)C1. The average molecular weight is 368 g/mol. The molecule has 2 atom stereocenters. The molecule has 1 aromatic rings. The Hall–Kier alpha value is -1.44. The first kappa shape index (κ1) is 19.9. The summed E-state index contributed by atoms with van der Waals surface area (Å²) in [4.78, 5) is 14.0. The van der Waals surface area contributed by atoms with Gasteiger partial charge in [-0.15, -0.1) is 0 Å². The normalized spacial score (nSPS) is 19.1. The van der Waals surface area contributed by atoms with Crippen molar-refractivity contribution in [2.45, 2.75) is 37.8 Å². The molecule has 1 heterocycles. The van der Waals surface area contributed by atoms with Crippen molar-refractivity contribution in [1.29, 1.82) is 0 Å². The summed E-state index contributed by atoms with van der Waals surface area (Å²) in [5, 5.41) is 0. The molecule has 2 N–H and O–H groups in total. The fourth-order valence-corrected chi connectivity index (χ4v) is 3.62. The van der Waals surface area contributed by atoms with E-state index in [1.165, 1.54) is 5.56 Å². The Kier molecular flexibility index (Phi) is 7.40. The van der Waals surface area contributed by atoms with Crippen molar-refractivity contribution in [3.8, 4) is 0 Å². The zero-order valence-electron chi connectivity index (χ0n) is 14.8. The molecule has 2 rings (SSSR count). The number of carbonyl (C=O) groups excluding carboxylic acids is 1. The monoisotopic (exact) mass is 368 g/mol. The van der Waals surface area contributed by atoms with Crippen LogP contribution in [0.4, 0.5) is 0 Å². The van der Waals surface area contributed by atoms with Gasteiger partial charge in [0.05, 0.1) is 17.9 Å². The van der Waals surface area contributed by atoms with Crippen molar-refractivity contribution in [3.05, 3.63) is 35.9 Å². The number of hydrogen-bond donors (Lipinski definition) is 1. The molecular formula is C18H28N2O4S. The van der Waals surface area contributed by atoms with Gasteiger partial charge in [0.2, 0.25) is 5.91 Å². The maximum absolute atomic E-state index is 12.3. The van der Waals surface area contributed by atoms with Gasteiger partial charge in [-0.2, -0.15) is 0 Å². The number of rotatable bonds is 9. The van der Waals surface area contributed by atoms with Crippen LogP contribution >= 0.6 is 0 Å². The minimum absolute atomic E-state index is 0.0434. The highest BCUT2D eigenvalue weighted by atomic mass is 32.2. The Morgan fingerprint density at radius 1 is 1.36 bits per heavy atom. The van der Waals surface area contributed by atoms with Gasteiger partial charge in [0.15, 0.2) is 0 Å². The lowest BCUT2D eigenvalue weighted by Crippen LogP contribution is -2.43. The maximum Gasteiger partial charge on any atom is 0.239 e. The van der Waals surface area contributed by atoms with Gasteiger partial charge < -0.3 is 15.4 Å². The molecule has 140 valence electrons. The highest BCUT2D eigenvalue weighted by molar-refractivity contribution is 7.90. The van der Waals surface area contributed by atoms with Crippen LogP contribution < -0.4 is 5.73 Å². The largest absolute Gasteiger partial charge is 0.376 e. The molecule has 1 aliphatic heterocycles. The number of ether oxygens (including phenoxy) is 1. The number of likely N-dealkylation sites (tertiary alicyclic amines) is 1. The first-order valence-electron chi connectivity index (χ1n) is 8.73. The zero-order valence-corrected chi connectivity index (χ0v) is 15.6. The Morgan fingerprint density at radius 2 is 2.08 bits per heavy atom. The number of nitrogens with two attached hydrogens (primary N) is 1. The van der Waals surface area contributed by atoms with E-state index in [1.54, 1.807) is 4.90 Å². The number of carbonyl (C=O) groups is 1. The van der Waals surface area contributed by atoms with Gasteiger partial charge in [-0.05, 0) is 31.2 Å². The predicted molar refractivity (Wildman–Crippen MR) is 98.0 cm³/mol. The molecule has 1 saturated heterocycles. The van der Waals surface area contributed by atoms with Crippen LogP contribution in [0.2, 0.25) is 0 Å². The van der Waals surface area contributed by atoms with Crippen molar-refractivity contribution >= 4 is 15.7 Å². The quantitative estimate of drug-likeness (QED) is 0.657. The Morgan fingerprint density at radius 3 is 2.76 bits per heavy atom. The van der Waals surface area contributed by atoms with Gasteiger partial charge in [-0.3, -0.25) is 4.79 Å². The number of benzene rings is 1. The number of amides is 1. The van der Waals surface area contributed by atoms with Gasteiger partial charge in [0.25, 0.3) is 0 Å². The first-order valence-corrected chi connectivity index (χ1v) is 10.8. The molecule has 0 spiro atoms. The van der Waals surface area contributed by atoms with Crippen LogP contribution in [0.25, 0.3) is 0 Å². The highest BCUT2D eigenvalue weighted by Crippen LogP contribution is 2.15. The van der Waals surface area contributed by atoms with Crippen molar-refractivity contribution < 1.29 is 17.9 Å². The third-order valence-corrected chi connectivity index (χ3v) is 5.36. The molecule has 1 aromatic carbocycles. The number of aryl methyl sites for hydroxylation is 1. The minimum Gasteiger partial charge on any atom is -0.376 e. The summed E-state index contributed by atoms with van der Waals surface area (Å²) < 4.78 is 28.2. The zero-order chi connectivity index (χ0) is 18.3. The van der Waals surface area contributed by atoms with Crippen molar-refractivity contribution in [3.63, 3.8) is 0 Å². The number of sulfone groups is 1. The average Bonchev–Trinajstić information content (AvgIpc) is 3.05. The summed E-state index contributed by atoms with van der Waals surface area (Å²) in [6.07, 6.45) is 4.09. The standard InChI is InChI=1S/C18H28N2O4S/c1-25(22,23)13-10-17(19)18(21)20-11-9-16(14-20)24-12-5-8-15-6-3-2-4-7-15/h2-4,6-7,16-17H,5,8-14,19H2,1H3. The van der Waals surface area contributed by atoms with E-state index < -0.39 is 15.9 Å². The third-order valence-electron chi connectivity index (χ3n) is 4.38. The lowest BCUT2D eigenvalue weighted by Gasteiger charge is -2.20. The van der Waals surface area contributed by atoms with E-state index in [1.807, 2.05) is 18.2 Å². The summed E-state index contributed by atoms with van der Waals surface area (Å²) in [6.45, 7) is 1.83. The summed E-state index contributed by atoms with van der Waals surface area (Å²) >= 11 is 0. The summed E-state index contributed by atoms with van der Waals surface area (Å²) in [5.41, 5.74) is 7.14. The van der Waals surface area contributed by atoms with Crippen molar-refractivity contribution in [2.75, 3.05) is 31.7 Å². The highest BCUT2D eigenvalue weighted by Gasteiger charge is 2.29. The first-order chi connectivity index (χ1) is 11.8. The van der Waals surface area contributed by atoms with E-state index in [0.29, 0.717) is 19.7 Å².